The van der Waals surface area contributed by atoms with Gasteiger partial charge in [0.25, 0.3) is 5.69 Å². The highest BCUT2D eigenvalue weighted by molar-refractivity contribution is 5.69. The SMILES string of the molecule is Nc1c(OCC(=O)[O-])cccc1[N+](=O)[O-]. The lowest BCUT2D eigenvalue weighted by atomic mass is 10.2. The highest BCUT2D eigenvalue weighted by Gasteiger charge is 2.14. The summed E-state index contributed by atoms with van der Waals surface area (Å²) in [4.78, 5) is 19.9. The molecule has 0 unspecified atom stereocenters. The van der Waals surface area contributed by atoms with Crippen molar-refractivity contribution in [2.24, 2.45) is 0 Å². The van der Waals surface area contributed by atoms with E-state index >= 15 is 0 Å². The Labute approximate surface area is 84.2 Å². The van der Waals surface area contributed by atoms with Gasteiger partial charge in [0.15, 0.2) is 5.69 Å². The summed E-state index contributed by atoms with van der Waals surface area (Å²) in [6, 6.07) is 3.88. The molecule has 1 rings (SSSR count). The summed E-state index contributed by atoms with van der Waals surface area (Å²) in [5, 5.41) is 20.5. The first-order valence-corrected chi connectivity index (χ1v) is 3.88. The molecule has 0 bridgehead atoms. The van der Waals surface area contributed by atoms with Crippen LogP contribution in [0.3, 0.4) is 0 Å². The number of nitro benzene ring substituents is 1. The molecular formula is C8H7N2O5-. The average molecular weight is 211 g/mol. The molecule has 0 aliphatic rings. The molecule has 0 amide bonds. The van der Waals surface area contributed by atoms with Crippen LogP contribution in [0, 0.1) is 10.1 Å². The van der Waals surface area contributed by atoms with E-state index in [9.17, 15) is 20.0 Å². The zero-order valence-electron chi connectivity index (χ0n) is 7.50. The number of hydrogen-bond donors (Lipinski definition) is 1. The van der Waals surface area contributed by atoms with E-state index in [1.54, 1.807) is 0 Å². The standard InChI is InChI=1S/C8H8N2O5/c9-8-5(10(13)14)2-1-3-6(8)15-4-7(11)12/h1-3H,4,9H2,(H,11,12)/p-1. The van der Waals surface area contributed by atoms with Crippen molar-refractivity contribution in [3.8, 4) is 5.75 Å². The number of para-hydroxylation sites is 1. The molecule has 0 saturated heterocycles. The number of hydrogen-bond acceptors (Lipinski definition) is 6. The van der Waals surface area contributed by atoms with Crippen LogP contribution >= 0.6 is 0 Å². The topological polar surface area (TPSA) is 119 Å². The fourth-order valence-corrected chi connectivity index (χ4v) is 0.954. The predicted molar refractivity (Wildman–Crippen MR) is 48.0 cm³/mol. The number of rotatable bonds is 4. The Morgan fingerprint density at radius 2 is 2.20 bits per heavy atom. The molecule has 1 aromatic rings. The molecule has 2 N–H and O–H groups in total. The van der Waals surface area contributed by atoms with E-state index in [1.807, 2.05) is 0 Å². The van der Waals surface area contributed by atoms with Gasteiger partial charge in [0, 0.05) is 6.07 Å². The number of nitrogens with two attached hydrogens (primary N) is 1. The second kappa shape index (κ2) is 4.27. The van der Waals surface area contributed by atoms with Gasteiger partial charge in [-0.3, -0.25) is 10.1 Å². The lowest BCUT2D eigenvalue weighted by Crippen LogP contribution is -2.29. The summed E-state index contributed by atoms with van der Waals surface area (Å²) < 4.78 is 4.70. The van der Waals surface area contributed by atoms with Gasteiger partial charge in [0.1, 0.15) is 12.4 Å². The van der Waals surface area contributed by atoms with Crippen LogP contribution in [0.25, 0.3) is 0 Å². The average Bonchev–Trinajstić information content (AvgIpc) is 2.15. The maximum Gasteiger partial charge on any atom is 0.295 e. The van der Waals surface area contributed by atoms with Gasteiger partial charge in [-0.2, -0.15) is 0 Å². The minimum absolute atomic E-state index is 0.0478. The van der Waals surface area contributed by atoms with Crippen molar-refractivity contribution in [2.45, 2.75) is 0 Å². The Morgan fingerprint density at radius 3 is 2.73 bits per heavy atom. The van der Waals surface area contributed by atoms with E-state index < -0.39 is 17.5 Å². The largest absolute Gasteiger partial charge is 0.546 e. The van der Waals surface area contributed by atoms with Crippen LogP contribution in [0.4, 0.5) is 11.4 Å². The first-order valence-electron chi connectivity index (χ1n) is 3.88. The number of nitrogens with zero attached hydrogens (tertiary/aromatic N) is 1. The fraction of sp³-hybridized carbons (Fsp3) is 0.125. The molecule has 0 spiro atoms. The third kappa shape index (κ3) is 2.56. The van der Waals surface area contributed by atoms with Gasteiger partial charge in [-0.1, -0.05) is 6.07 Å². The van der Waals surface area contributed by atoms with Crippen molar-refractivity contribution in [3.63, 3.8) is 0 Å². The van der Waals surface area contributed by atoms with Crippen LogP contribution in [-0.2, 0) is 4.79 Å². The summed E-state index contributed by atoms with van der Waals surface area (Å²) in [6.45, 7) is -0.703. The molecule has 7 nitrogen and oxygen atoms in total. The van der Waals surface area contributed by atoms with Gasteiger partial charge in [-0.15, -0.1) is 0 Å². The van der Waals surface area contributed by atoms with E-state index in [4.69, 9.17) is 10.5 Å². The van der Waals surface area contributed by atoms with Crippen LogP contribution < -0.4 is 15.6 Å². The molecule has 80 valence electrons. The maximum atomic E-state index is 10.5. The van der Waals surface area contributed by atoms with Gasteiger partial charge in [0.2, 0.25) is 0 Å². The number of carbonyl (C=O) groups excluding carboxylic acids is 1. The van der Waals surface area contributed by atoms with Crippen molar-refractivity contribution < 1.29 is 19.6 Å². The molecule has 0 aliphatic heterocycles. The fourth-order valence-electron chi connectivity index (χ4n) is 0.954. The monoisotopic (exact) mass is 211 g/mol. The second-order valence-electron chi connectivity index (χ2n) is 2.61. The summed E-state index contributed by atoms with van der Waals surface area (Å²) in [5.41, 5.74) is 4.86. The van der Waals surface area contributed by atoms with E-state index in [2.05, 4.69) is 0 Å². The van der Waals surface area contributed by atoms with Crippen LogP contribution in [-0.4, -0.2) is 17.5 Å². The number of aliphatic carboxylic acids is 1. The maximum absolute atomic E-state index is 10.5. The molecule has 0 atom stereocenters. The second-order valence-corrected chi connectivity index (χ2v) is 2.61. The number of carboxylic acid groups (broad SMARTS) is 1. The molecule has 0 radical (unpaired) electrons. The number of nitro groups is 1. The van der Waals surface area contributed by atoms with E-state index in [0.717, 1.165) is 0 Å². The summed E-state index contributed by atoms with van der Waals surface area (Å²) in [5.74, 6) is -1.48. The van der Waals surface area contributed by atoms with Gasteiger partial charge in [0.05, 0.1) is 10.9 Å². The van der Waals surface area contributed by atoms with Crippen molar-refractivity contribution >= 4 is 17.3 Å². The third-order valence-corrected chi connectivity index (χ3v) is 1.59. The van der Waals surface area contributed by atoms with Crippen molar-refractivity contribution in [3.05, 3.63) is 28.3 Å². The minimum Gasteiger partial charge on any atom is -0.546 e. The molecule has 0 fully saturated rings. The molecule has 0 saturated carbocycles. The lowest BCUT2D eigenvalue weighted by molar-refractivity contribution is -0.384. The molecule has 7 heteroatoms. The Hall–Kier alpha value is -2.31. The molecule has 0 heterocycles. The van der Waals surface area contributed by atoms with E-state index in [-0.39, 0.29) is 17.1 Å². The lowest BCUT2D eigenvalue weighted by Gasteiger charge is -2.08. The minimum atomic E-state index is -1.43. The zero-order valence-corrected chi connectivity index (χ0v) is 7.50. The van der Waals surface area contributed by atoms with Gasteiger partial charge >= 0.3 is 0 Å². The highest BCUT2D eigenvalue weighted by atomic mass is 16.6. The molecule has 15 heavy (non-hydrogen) atoms. The van der Waals surface area contributed by atoms with E-state index in [1.165, 1.54) is 18.2 Å². The number of carbonyl (C=O) groups is 1. The first kappa shape index (κ1) is 10.8. The van der Waals surface area contributed by atoms with Gasteiger partial charge in [-0.05, 0) is 6.07 Å². The number of ether oxygens (including phenoxy) is 1. The van der Waals surface area contributed by atoms with Crippen LogP contribution in [0.2, 0.25) is 0 Å². The summed E-state index contributed by atoms with van der Waals surface area (Å²) >= 11 is 0. The number of benzene rings is 1. The Balaban J connectivity index is 2.94. The summed E-state index contributed by atoms with van der Waals surface area (Å²) in [6.07, 6.45) is 0. The van der Waals surface area contributed by atoms with Crippen molar-refractivity contribution in [1.82, 2.24) is 0 Å². The van der Waals surface area contributed by atoms with Crippen LogP contribution in [0.1, 0.15) is 0 Å². The normalized spacial score (nSPS) is 9.60. The molecule has 0 aromatic heterocycles. The van der Waals surface area contributed by atoms with Crippen LogP contribution in [0.5, 0.6) is 5.75 Å². The van der Waals surface area contributed by atoms with Crippen molar-refractivity contribution in [1.29, 1.82) is 0 Å². The first-order chi connectivity index (χ1) is 7.02. The smallest absolute Gasteiger partial charge is 0.295 e. The molecular weight excluding hydrogens is 204 g/mol. The third-order valence-electron chi connectivity index (χ3n) is 1.59. The Bertz CT molecular complexity index is 404. The predicted octanol–water partition coefficient (Wildman–Crippen LogP) is -0.694. The zero-order chi connectivity index (χ0) is 11.4. The van der Waals surface area contributed by atoms with Crippen molar-refractivity contribution in [2.75, 3.05) is 12.3 Å². The Kier molecular flexibility index (Phi) is 3.06. The number of nitrogen functional groups attached to an aromatic ring is 1. The quantitative estimate of drug-likeness (QED) is 0.399. The van der Waals surface area contributed by atoms with Gasteiger partial charge < -0.3 is 20.4 Å². The van der Waals surface area contributed by atoms with Gasteiger partial charge in [-0.25, -0.2) is 0 Å². The molecule has 0 aliphatic carbocycles. The number of anilines is 1. The Morgan fingerprint density at radius 1 is 1.53 bits per heavy atom. The highest BCUT2D eigenvalue weighted by Crippen LogP contribution is 2.30. The van der Waals surface area contributed by atoms with Crippen LogP contribution in [0.15, 0.2) is 18.2 Å². The number of carboxylic acids is 1. The molecule has 1 aromatic carbocycles. The van der Waals surface area contributed by atoms with E-state index in [0.29, 0.717) is 0 Å². The summed E-state index contributed by atoms with van der Waals surface area (Å²) in [7, 11) is 0.